The first kappa shape index (κ1) is 21.9. The number of rotatable bonds is 3. The fourth-order valence-electron chi connectivity index (χ4n) is 3.25. The third-order valence-corrected chi connectivity index (χ3v) is 5.17. The molecule has 154 valence electrons. The number of benzene rings is 2. The van der Waals surface area contributed by atoms with Crippen molar-refractivity contribution in [1.29, 1.82) is 0 Å². The summed E-state index contributed by atoms with van der Waals surface area (Å²) in [5.74, 6) is 1.05. The van der Waals surface area contributed by atoms with Gasteiger partial charge >= 0.3 is 7.25 Å². The molecule has 0 spiro atoms. The maximum atomic E-state index is 9.75. The Bertz CT molecular complexity index is 967. The zero-order chi connectivity index (χ0) is 21.2. The van der Waals surface area contributed by atoms with Gasteiger partial charge in [-0.2, -0.15) is 0 Å². The van der Waals surface area contributed by atoms with Gasteiger partial charge in [0.05, 0.1) is 16.1 Å². The molecule has 1 aliphatic rings. The average molecular weight is 467 g/mol. The first-order chi connectivity index (χ1) is 13.6. The van der Waals surface area contributed by atoms with Gasteiger partial charge in [0, 0.05) is 23.0 Å². The summed E-state index contributed by atoms with van der Waals surface area (Å²) in [5.41, 5.74) is 2.00. The Kier molecular flexibility index (Phi) is 6.76. The maximum absolute atomic E-state index is 9.75. The molecule has 0 saturated heterocycles. The van der Waals surface area contributed by atoms with Crippen molar-refractivity contribution < 1.29 is 21.8 Å². The summed E-state index contributed by atoms with van der Waals surface area (Å²) in [5, 5.41) is 6.18. The van der Waals surface area contributed by atoms with E-state index in [1.54, 1.807) is 16.8 Å². The lowest BCUT2D eigenvalue weighted by molar-refractivity contribution is -0.716. The predicted molar refractivity (Wildman–Crippen MR) is 106 cm³/mol. The molecular weight excluding hydrogens is 451 g/mol. The smallest absolute Gasteiger partial charge is 0.418 e. The van der Waals surface area contributed by atoms with Crippen LogP contribution in [0.4, 0.5) is 17.3 Å². The average Bonchev–Trinajstić information content (AvgIpc) is 3.15. The number of halogens is 7. The molecule has 0 radical (unpaired) electrons. The molecule has 3 aromatic rings. The normalized spacial score (nSPS) is 15.6. The van der Waals surface area contributed by atoms with Crippen molar-refractivity contribution in [2.24, 2.45) is 0 Å². The van der Waals surface area contributed by atoms with Crippen LogP contribution < -0.4 is 4.57 Å². The summed E-state index contributed by atoms with van der Waals surface area (Å²) in [6.45, 7) is 0. The van der Waals surface area contributed by atoms with E-state index in [4.69, 9.17) is 34.8 Å². The zero-order valence-corrected chi connectivity index (χ0v) is 17.2. The largest absolute Gasteiger partial charge is 0.673 e. The standard InChI is InChI=1S/C18H15Cl3N3.BF4/c19-13-9-15(20)18(16(21)10-13)24-11-23-14(6-7-17(23)22-24)8-12-4-2-1-3-5-12;2-1(3,4)5/h1-5,9-11,14H,6-8H2;/q+1;-1/t14-;/m0./s1. The number of nitrogens with zero attached hydrogens (tertiary/aromatic N) is 3. The van der Waals surface area contributed by atoms with Crippen LogP contribution >= 0.6 is 34.8 Å². The number of aryl methyl sites for hydroxylation is 1. The van der Waals surface area contributed by atoms with Crippen LogP contribution in [0.15, 0.2) is 48.8 Å². The van der Waals surface area contributed by atoms with Crippen molar-refractivity contribution in [2.45, 2.75) is 25.3 Å². The van der Waals surface area contributed by atoms with E-state index in [0.717, 1.165) is 25.1 Å². The molecule has 29 heavy (non-hydrogen) atoms. The van der Waals surface area contributed by atoms with Gasteiger partial charge in [-0.15, -0.1) is 0 Å². The number of hydrogen-bond donors (Lipinski definition) is 0. The molecule has 0 saturated carbocycles. The summed E-state index contributed by atoms with van der Waals surface area (Å²) in [4.78, 5) is 0. The Balaban J connectivity index is 0.000000431. The van der Waals surface area contributed by atoms with Crippen LogP contribution in [-0.2, 0) is 12.8 Å². The van der Waals surface area contributed by atoms with Crippen LogP contribution in [0.1, 0.15) is 23.9 Å². The second kappa shape index (κ2) is 8.94. The van der Waals surface area contributed by atoms with Gasteiger partial charge in [-0.1, -0.05) is 69.8 Å². The summed E-state index contributed by atoms with van der Waals surface area (Å²) in [6, 6.07) is 14.3. The maximum Gasteiger partial charge on any atom is 0.673 e. The highest BCUT2D eigenvalue weighted by atomic mass is 35.5. The molecule has 0 bridgehead atoms. The Hall–Kier alpha value is -1.77. The molecule has 1 aromatic heterocycles. The SMILES string of the molecule is Clc1cc(Cl)c(-n2c[n+]3c(n2)CC[C@H]3Cc2ccccc2)c(Cl)c1.F[B-](F)(F)F. The summed E-state index contributed by atoms with van der Waals surface area (Å²) < 4.78 is 43.0. The third kappa shape index (κ3) is 5.87. The summed E-state index contributed by atoms with van der Waals surface area (Å²) in [7, 11) is -6.00. The molecule has 4 rings (SSSR count). The van der Waals surface area contributed by atoms with E-state index >= 15 is 0 Å². The highest BCUT2D eigenvalue weighted by molar-refractivity contribution is 6.50. The van der Waals surface area contributed by atoms with Gasteiger partial charge in [0.15, 0.2) is 5.69 Å². The quantitative estimate of drug-likeness (QED) is 0.258. The van der Waals surface area contributed by atoms with Crippen molar-refractivity contribution in [3.05, 3.63) is 75.2 Å². The van der Waals surface area contributed by atoms with Crippen molar-refractivity contribution >= 4 is 42.1 Å². The minimum absolute atomic E-state index is 0.404. The molecule has 2 aromatic carbocycles. The van der Waals surface area contributed by atoms with E-state index in [2.05, 4.69) is 33.9 Å². The Morgan fingerprint density at radius 1 is 1.03 bits per heavy atom. The number of aromatic nitrogens is 3. The van der Waals surface area contributed by atoms with Crippen LogP contribution in [0.5, 0.6) is 0 Å². The molecule has 0 N–H and O–H groups in total. The highest BCUT2D eigenvalue weighted by Crippen LogP contribution is 2.32. The van der Waals surface area contributed by atoms with Crippen molar-refractivity contribution in [3.63, 3.8) is 0 Å². The topological polar surface area (TPSA) is 21.7 Å². The van der Waals surface area contributed by atoms with E-state index < -0.39 is 7.25 Å². The van der Waals surface area contributed by atoms with Gasteiger partial charge in [0.2, 0.25) is 6.33 Å². The summed E-state index contributed by atoms with van der Waals surface area (Å²) in [6.07, 6.45) is 5.02. The minimum atomic E-state index is -6.00. The van der Waals surface area contributed by atoms with E-state index in [1.165, 1.54) is 5.56 Å². The second-order valence-electron chi connectivity index (χ2n) is 6.48. The zero-order valence-electron chi connectivity index (χ0n) is 14.9. The predicted octanol–water partition coefficient (Wildman–Crippen LogP) is 6.15. The Morgan fingerprint density at radius 3 is 2.21 bits per heavy atom. The number of fused-ring (bicyclic) bond motifs is 1. The molecule has 0 unspecified atom stereocenters. The van der Waals surface area contributed by atoms with E-state index in [0.29, 0.717) is 26.8 Å². The lowest BCUT2D eigenvalue weighted by Gasteiger charge is -2.08. The fourth-order valence-corrected chi connectivity index (χ4v) is 4.24. The lowest BCUT2D eigenvalue weighted by atomic mass is 10.0. The van der Waals surface area contributed by atoms with Gasteiger partial charge in [-0.05, 0) is 24.1 Å². The van der Waals surface area contributed by atoms with Crippen LogP contribution in [-0.4, -0.2) is 17.0 Å². The first-order valence-corrected chi connectivity index (χ1v) is 9.81. The second-order valence-corrected chi connectivity index (χ2v) is 7.73. The molecule has 3 nitrogen and oxygen atoms in total. The molecule has 2 heterocycles. The molecule has 0 fully saturated rings. The van der Waals surface area contributed by atoms with E-state index in [-0.39, 0.29) is 0 Å². The number of hydrogen-bond acceptors (Lipinski definition) is 1. The fraction of sp³-hybridized carbons (Fsp3) is 0.222. The summed E-state index contributed by atoms with van der Waals surface area (Å²) >= 11 is 18.6. The molecule has 11 heteroatoms. The Labute approximate surface area is 179 Å². The molecule has 1 aliphatic heterocycles. The first-order valence-electron chi connectivity index (χ1n) is 8.67. The van der Waals surface area contributed by atoms with Crippen LogP contribution in [0, 0.1) is 0 Å². The molecule has 0 amide bonds. The van der Waals surface area contributed by atoms with Crippen LogP contribution in [0.25, 0.3) is 5.69 Å². The van der Waals surface area contributed by atoms with Gasteiger partial charge in [0.25, 0.3) is 5.82 Å². The van der Waals surface area contributed by atoms with E-state index in [1.807, 2.05) is 12.4 Å². The lowest BCUT2D eigenvalue weighted by Crippen LogP contribution is -2.37. The van der Waals surface area contributed by atoms with Crippen molar-refractivity contribution in [2.75, 3.05) is 0 Å². The Morgan fingerprint density at radius 2 is 1.62 bits per heavy atom. The highest BCUT2D eigenvalue weighted by Gasteiger charge is 2.32. The van der Waals surface area contributed by atoms with Crippen molar-refractivity contribution in [3.8, 4) is 5.69 Å². The van der Waals surface area contributed by atoms with Crippen molar-refractivity contribution in [1.82, 2.24) is 9.78 Å². The third-order valence-electron chi connectivity index (χ3n) is 4.37. The minimum Gasteiger partial charge on any atom is -0.418 e. The molecule has 0 aliphatic carbocycles. The van der Waals surface area contributed by atoms with Gasteiger partial charge in [-0.25, -0.2) is 4.57 Å². The van der Waals surface area contributed by atoms with Gasteiger partial charge < -0.3 is 17.3 Å². The van der Waals surface area contributed by atoms with Crippen LogP contribution in [0.3, 0.4) is 0 Å². The van der Waals surface area contributed by atoms with Gasteiger partial charge in [-0.3, -0.25) is 0 Å². The van der Waals surface area contributed by atoms with E-state index in [9.17, 15) is 17.3 Å². The van der Waals surface area contributed by atoms with Crippen LogP contribution in [0.2, 0.25) is 15.1 Å². The monoisotopic (exact) mass is 465 g/mol. The molecule has 1 atom stereocenters. The van der Waals surface area contributed by atoms with Gasteiger partial charge in [0.1, 0.15) is 0 Å². The molecular formula is C18H15BCl3F4N3.